The molecule has 0 fully saturated rings. The molecule has 0 aromatic rings. The van der Waals surface area contributed by atoms with Crippen LogP contribution in [0.3, 0.4) is 0 Å². The first-order valence-corrected chi connectivity index (χ1v) is 5.14. The van der Waals surface area contributed by atoms with Gasteiger partial charge in [0.05, 0.1) is 5.97 Å². The highest BCUT2D eigenvalue weighted by molar-refractivity contribution is 5.83. The second-order valence-electron chi connectivity index (χ2n) is 5.15. The van der Waals surface area contributed by atoms with E-state index < -0.39 is 5.97 Å². The highest BCUT2D eigenvalue weighted by atomic mass is 16.4. The van der Waals surface area contributed by atoms with Crippen LogP contribution in [0.25, 0.3) is 0 Å². The molecule has 0 bridgehead atoms. The lowest BCUT2D eigenvalue weighted by Gasteiger charge is -2.27. The van der Waals surface area contributed by atoms with E-state index in [4.69, 9.17) is 0 Å². The van der Waals surface area contributed by atoms with Gasteiger partial charge in [-0.05, 0) is 36.2 Å². The Morgan fingerprint density at radius 2 is 1.93 bits per heavy atom. The summed E-state index contributed by atoms with van der Waals surface area (Å²) < 4.78 is 0. The largest absolute Gasteiger partial charge is 0.545 e. The molecule has 0 saturated carbocycles. The molecule has 0 aliphatic heterocycles. The van der Waals surface area contributed by atoms with E-state index >= 15 is 0 Å². The number of carboxylic acids is 1. The third-order valence-electron chi connectivity index (χ3n) is 2.35. The molecule has 0 aliphatic carbocycles. The van der Waals surface area contributed by atoms with Gasteiger partial charge in [-0.3, -0.25) is 0 Å². The number of aliphatic carboxylic acids is 1. The van der Waals surface area contributed by atoms with Crippen LogP contribution in [0.15, 0.2) is 12.2 Å². The van der Waals surface area contributed by atoms with E-state index in [-0.39, 0.29) is 11.0 Å². The fraction of sp³-hybridized carbons (Fsp3) is 0.750. The zero-order valence-corrected chi connectivity index (χ0v) is 9.72. The summed E-state index contributed by atoms with van der Waals surface area (Å²) in [6.07, 6.45) is 2.49. The van der Waals surface area contributed by atoms with Crippen LogP contribution in [-0.2, 0) is 4.79 Å². The normalized spacial score (nSPS) is 11.8. The Balaban J connectivity index is 3.98. The van der Waals surface area contributed by atoms with Gasteiger partial charge < -0.3 is 9.90 Å². The lowest BCUT2D eigenvalue weighted by atomic mass is 9.79. The summed E-state index contributed by atoms with van der Waals surface area (Å²) in [5.41, 5.74) is 0.397. The second-order valence-corrected chi connectivity index (χ2v) is 5.15. The Bertz CT molecular complexity index is 214. The molecule has 0 rings (SSSR count). The summed E-state index contributed by atoms with van der Waals surface area (Å²) >= 11 is 0. The van der Waals surface area contributed by atoms with Crippen molar-refractivity contribution in [2.24, 2.45) is 11.3 Å². The Hall–Kier alpha value is -0.790. The smallest absolute Gasteiger partial charge is 0.0668 e. The maximum Gasteiger partial charge on any atom is 0.0668 e. The van der Waals surface area contributed by atoms with Crippen molar-refractivity contribution >= 4 is 5.97 Å². The number of carbonyl (C=O) groups excluding carboxylic acids is 1. The third kappa shape index (κ3) is 5.79. The summed E-state index contributed by atoms with van der Waals surface area (Å²) in [4.78, 5) is 10.4. The summed E-state index contributed by atoms with van der Waals surface area (Å²) in [7, 11) is 0. The first kappa shape index (κ1) is 13.2. The van der Waals surface area contributed by atoms with Gasteiger partial charge in [0.1, 0.15) is 0 Å². The minimum atomic E-state index is -1.12. The Morgan fingerprint density at radius 1 is 1.43 bits per heavy atom. The first-order chi connectivity index (χ1) is 6.24. The zero-order chi connectivity index (χ0) is 11.4. The molecule has 0 unspecified atom stereocenters. The van der Waals surface area contributed by atoms with Gasteiger partial charge in [-0.1, -0.05) is 34.3 Å². The summed E-state index contributed by atoms with van der Waals surface area (Å²) in [5.74, 6) is -0.480. The molecule has 0 aromatic heterocycles. The van der Waals surface area contributed by atoms with Crippen molar-refractivity contribution in [3.8, 4) is 0 Å². The van der Waals surface area contributed by atoms with Crippen LogP contribution >= 0.6 is 0 Å². The van der Waals surface area contributed by atoms with Crippen molar-refractivity contribution in [3.05, 3.63) is 12.2 Å². The van der Waals surface area contributed by atoms with E-state index in [0.29, 0.717) is 12.3 Å². The van der Waals surface area contributed by atoms with Gasteiger partial charge in [0, 0.05) is 0 Å². The molecule has 0 atom stereocenters. The molecule has 2 heteroatoms. The van der Waals surface area contributed by atoms with Gasteiger partial charge in [-0.2, -0.15) is 0 Å². The fourth-order valence-electron chi connectivity index (χ4n) is 1.80. The van der Waals surface area contributed by atoms with Gasteiger partial charge in [0.15, 0.2) is 0 Å². The molecule has 0 heterocycles. The van der Waals surface area contributed by atoms with E-state index in [0.717, 1.165) is 12.8 Å². The average Bonchev–Trinajstić information content (AvgIpc) is 1.97. The van der Waals surface area contributed by atoms with Crippen LogP contribution in [-0.4, -0.2) is 5.97 Å². The Kier molecular flexibility index (Phi) is 4.89. The molecule has 0 amide bonds. The van der Waals surface area contributed by atoms with Gasteiger partial charge in [0.25, 0.3) is 0 Å². The van der Waals surface area contributed by atoms with E-state index in [2.05, 4.69) is 34.3 Å². The highest BCUT2D eigenvalue weighted by Crippen LogP contribution is 2.31. The quantitative estimate of drug-likeness (QED) is 0.612. The van der Waals surface area contributed by atoms with E-state index in [1.54, 1.807) is 0 Å². The van der Waals surface area contributed by atoms with E-state index in [1.807, 2.05) is 0 Å². The predicted molar refractivity (Wildman–Crippen MR) is 56.6 cm³/mol. The van der Waals surface area contributed by atoms with Crippen LogP contribution < -0.4 is 5.11 Å². The molecule has 0 aromatic carbocycles. The van der Waals surface area contributed by atoms with Gasteiger partial charge in [-0.15, -0.1) is 0 Å². The molecule has 0 radical (unpaired) electrons. The summed E-state index contributed by atoms with van der Waals surface area (Å²) in [6.45, 7) is 12.2. The molecule has 14 heavy (non-hydrogen) atoms. The second kappa shape index (κ2) is 5.18. The van der Waals surface area contributed by atoms with E-state index in [1.165, 1.54) is 0 Å². The van der Waals surface area contributed by atoms with Gasteiger partial charge >= 0.3 is 0 Å². The lowest BCUT2D eigenvalue weighted by molar-refractivity contribution is -0.299. The van der Waals surface area contributed by atoms with Crippen LogP contribution in [0, 0.1) is 11.3 Å². The Labute approximate surface area is 87.0 Å². The van der Waals surface area contributed by atoms with Crippen LogP contribution in [0.1, 0.15) is 47.0 Å². The summed E-state index contributed by atoms with van der Waals surface area (Å²) in [6, 6.07) is 0. The van der Waals surface area contributed by atoms with E-state index in [9.17, 15) is 9.90 Å². The first-order valence-electron chi connectivity index (χ1n) is 5.14. The molecular formula is C12H21O2-. The van der Waals surface area contributed by atoms with Crippen LogP contribution in [0.5, 0.6) is 0 Å². The SMILES string of the molecule is C=C(CCC(C)(C)CC(C)C)C(=O)[O-]. The average molecular weight is 197 g/mol. The van der Waals surface area contributed by atoms with Crippen molar-refractivity contribution in [1.29, 1.82) is 0 Å². The van der Waals surface area contributed by atoms with Crippen molar-refractivity contribution in [3.63, 3.8) is 0 Å². The predicted octanol–water partition coefficient (Wildman–Crippen LogP) is 2.14. The van der Waals surface area contributed by atoms with Crippen molar-refractivity contribution in [1.82, 2.24) is 0 Å². The molecular weight excluding hydrogens is 176 g/mol. The molecule has 2 nitrogen and oxygen atoms in total. The molecule has 0 aliphatic rings. The molecule has 0 N–H and O–H groups in total. The van der Waals surface area contributed by atoms with Crippen LogP contribution in [0.4, 0.5) is 0 Å². The minimum absolute atomic E-state index is 0.187. The van der Waals surface area contributed by atoms with Gasteiger partial charge in [-0.25, -0.2) is 0 Å². The fourth-order valence-corrected chi connectivity index (χ4v) is 1.80. The lowest BCUT2D eigenvalue weighted by Crippen LogP contribution is -2.25. The van der Waals surface area contributed by atoms with Crippen molar-refractivity contribution in [2.75, 3.05) is 0 Å². The Morgan fingerprint density at radius 3 is 2.29 bits per heavy atom. The standard InChI is InChI=1S/C12H22O2/c1-9(2)8-12(4,5)7-6-10(3)11(13)14/h9H,3,6-8H2,1-2,4-5H3,(H,13,14)/p-1. The number of carbonyl (C=O) groups is 1. The third-order valence-corrected chi connectivity index (χ3v) is 2.35. The summed E-state index contributed by atoms with van der Waals surface area (Å²) in [5, 5.41) is 10.4. The number of hydrogen-bond donors (Lipinski definition) is 0. The monoisotopic (exact) mass is 197 g/mol. The highest BCUT2D eigenvalue weighted by Gasteiger charge is 2.19. The molecule has 0 saturated heterocycles. The molecule has 0 spiro atoms. The number of rotatable bonds is 6. The maximum absolute atomic E-state index is 10.4. The minimum Gasteiger partial charge on any atom is -0.545 e. The zero-order valence-electron chi connectivity index (χ0n) is 9.72. The van der Waals surface area contributed by atoms with Crippen LogP contribution in [0.2, 0.25) is 0 Å². The van der Waals surface area contributed by atoms with Gasteiger partial charge in [0.2, 0.25) is 0 Å². The maximum atomic E-state index is 10.4. The number of carboxylic acid groups (broad SMARTS) is 1. The number of hydrogen-bond acceptors (Lipinski definition) is 2. The topological polar surface area (TPSA) is 40.1 Å². The van der Waals surface area contributed by atoms with Crippen molar-refractivity contribution < 1.29 is 9.90 Å². The van der Waals surface area contributed by atoms with Crippen molar-refractivity contribution in [2.45, 2.75) is 47.0 Å². The molecule has 82 valence electrons.